The summed E-state index contributed by atoms with van der Waals surface area (Å²) in [6, 6.07) is 48.4. The molecule has 6 aromatic rings. The molecule has 15 heteroatoms. The molecule has 2 unspecified atom stereocenters. The zero-order valence-electron chi connectivity index (χ0n) is 36.4. The van der Waals surface area contributed by atoms with E-state index in [9.17, 15) is 14.4 Å². The third-order valence-corrected chi connectivity index (χ3v) is 14.9. The molecular weight excluding hydrogens is 891 g/mol. The fraction of sp³-hybridized carbons (Fsp3) is 0.235. The number of nitrogens with one attached hydrogen (secondary N) is 2. The van der Waals surface area contributed by atoms with Gasteiger partial charge in [0.15, 0.2) is 22.7 Å². The number of nitrogens with zero attached hydrogens (tertiary/aromatic N) is 3. The van der Waals surface area contributed by atoms with E-state index in [1.807, 2.05) is 129 Å². The number of β-lactam (4-membered cyclic amide) rings is 1. The van der Waals surface area contributed by atoms with Gasteiger partial charge in [0.2, 0.25) is 0 Å². The van der Waals surface area contributed by atoms with Crippen LogP contribution in [-0.2, 0) is 39.0 Å². The molecule has 0 aliphatic carbocycles. The molecule has 1 aromatic heterocycles. The number of anilines is 1. The van der Waals surface area contributed by atoms with Crippen molar-refractivity contribution in [2.24, 2.45) is 5.16 Å². The fourth-order valence-corrected chi connectivity index (χ4v) is 11.7. The number of rotatable bonds is 16. The summed E-state index contributed by atoms with van der Waals surface area (Å²) in [7, 11) is 1.35. The van der Waals surface area contributed by atoms with Gasteiger partial charge in [0, 0.05) is 21.8 Å². The summed E-state index contributed by atoms with van der Waals surface area (Å²) in [5.41, 5.74) is 3.95. The number of hydrogen-bond donors (Lipinski definition) is 2. The number of aromatic nitrogens is 1. The van der Waals surface area contributed by atoms with Crippen LogP contribution in [0.25, 0.3) is 0 Å². The highest BCUT2D eigenvalue weighted by atomic mass is 32.2. The number of thiazole rings is 1. The van der Waals surface area contributed by atoms with E-state index >= 15 is 0 Å². The van der Waals surface area contributed by atoms with Crippen molar-refractivity contribution in [1.29, 1.82) is 0 Å². The quantitative estimate of drug-likeness (QED) is 0.0317. The number of oxime groups is 1. The molecule has 0 spiro atoms. The van der Waals surface area contributed by atoms with Crippen molar-refractivity contribution in [3.63, 3.8) is 0 Å². The first-order valence-corrected chi connectivity index (χ1v) is 24.3. The minimum Gasteiger partial charge on any atom is -0.448 e. The maximum atomic E-state index is 14.6. The van der Waals surface area contributed by atoms with Crippen LogP contribution in [0.3, 0.4) is 0 Å². The summed E-state index contributed by atoms with van der Waals surface area (Å²) >= 11 is 4.21. The zero-order valence-corrected chi connectivity index (χ0v) is 38.8. The number of esters is 1. The van der Waals surface area contributed by atoms with Gasteiger partial charge in [0.25, 0.3) is 11.8 Å². The van der Waals surface area contributed by atoms with Crippen LogP contribution < -0.4 is 10.6 Å². The number of ether oxygens (including phenoxy) is 3. The average molecular weight is 938 g/mol. The average Bonchev–Trinajstić information content (AvgIpc) is 3.98. The maximum absolute atomic E-state index is 14.6. The summed E-state index contributed by atoms with van der Waals surface area (Å²) in [6.07, 6.45) is -0.959. The Morgan fingerprint density at radius 2 is 1.41 bits per heavy atom. The van der Waals surface area contributed by atoms with Gasteiger partial charge in [-0.05, 0) is 41.7 Å². The monoisotopic (exact) mass is 937 g/mol. The van der Waals surface area contributed by atoms with Crippen LogP contribution in [0, 0.1) is 0 Å². The van der Waals surface area contributed by atoms with Crippen molar-refractivity contribution in [2.45, 2.75) is 48.8 Å². The topological polar surface area (TPSA) is 141 Å². The molecule has 0 radical (unpaired) electrons. The van der Waals surface area contributed by atoms with Crippen LogP contribution in [0.2, 0.25) is 0 Å². The maximum Gasteiger partial charge on any atom is 0.356 e. The lowest BCUT2D eigenvalue weighted by atomic mass is 9.77. The van der Waals surface area contributed by atoms with E-state index in [0.717, 1.165) is 27.8 Å². The molecule has 2 N–H and O–H groups in total. The van der Waals surface area contributed by atoms with Gasteiger partial charge in [-0.2, -0.15) is 0 Å². The minimum absolute atomic E-state index is 0.111. The Kier molecular flexibility index (Phi) is 13.4. The van der Waals surface area contributed by atoms with Gasteiger partial charge in [0.05, 0.1) is 12.7 Å². The van der Waals surface area contributed by atoms with Crippen LogP contribution >= 0.6 is 34.9 Å². The van der Waals surface area contributed by atoms with Crippen LogP contribution in [0.1, 0.15) is 53.5 Å². The van der Waals surface area contributed by atoms with Gasteiger partial charge < -0.3 is 29.7 Å². The molecule has 3 atom stereocenters. The number of thioether (sulfide) groups is 2. The molecule has 12 nitrogen and oxygen atoms in total. The molecule has 9 rings (SSSR count). The van der Waals surface area contributed by atoms with Crippen LogP contribution in [0.15, 0.2) is 173 Å². The second-order valence-electron chi connectivity index (χ2n) is 16.1. The number of fused-ring (bicyclic) bond motifs is 1. The van der Waals surface area contributed by atoms with Crippen molar-refractivity contribution in [2.75, 3.05) is 30.5 Å². The first kappa shape index (κ1) is 44.9. The Morgan fingerprint density at radius 3 is 1.92 bits per heavy atom. The first-order valence-electron chi connectivity index (χ1n) is 21.4. The number of hydrogen-bond acceptors (Lipinski definition) is 13. The van der Waals surface area contributed by atoms with Crippen molar-refractivity contribution < 1.29 is 33.4 Å². The summed E-state index contributed by atoms with van der Waals surface area (Å²) in [6.45, 7) is 4.13. The molecule has 66 heavy (non-hydrogen) atoms. The summed E-state index contributed by atoms with van der Waals surface area (Å²) in [5.74, 6) is -1.60. The summed E-state index contributed by atoms with van der Waals surface area (Å²) in [4.78, 5) is 55.4. The molecule has 0 saturated carbocycles. The van der Waals surface area contributed by atoms with Gasteiger partial charge in [-0.1, -0.05) is 157 Å². The molecule has 3 aliphatic heterocycles. The van der Waals surface area contributed by atoms with E-state index in [1.165, 1.54) is 46.9 Å². The van der Waals surface area contributed by atoms with Crippen molar-refractivity contribution in [3.8, 4) is 0 Å². The van der Waals surface area contributed by atoms with Crippen LogP contribution in [-0.4, -0.2) is 81.9 Å². The van der Waals surface area contributed by atoms with Crippen molar-refractivity contribution >= 4 is 63.5 Å². The lowest BCUT2D eigenvalue weighted by Crippen LogP contribution is -2.71. The highest BCUT2D eigenvalue weighted by Gasteiger charge is 2.55. The van der Waals surface area contributed by atoms with E-state index in [1.54, 1.807) is 5.38 Å². The summed E-state index contributed by atoms with van der Waals surface area (Å²) in [5, 5.41) is 12.4. The Bertz CT molecular complexity index is 2590. The molecule has 2 amide bonds. The Balaban J connectivity index is 0.975. The lowest BCUT2D eigenvalue weighted by molar-refractivity contribution is -0.154. The number of amides is 2. The molecule has 0 bridgehead atoms. The molecule has 4 heterocycles. The molecule has 2 saturated heterocycles. The SMILES string of the molecule is CON=C(C(=O)NC1C(=O)N2C(C(=O)OC(c3ccccc3)c3ccccc3)=C(SCC3COC(C)(C)O3)CS[C@@H]12)c1csc(NC(c2ccccc2)(c2ccccc2)c2ccccc2)n1. The number of benzene rings is 5. The standard InChI is InChI=1S/C51H47N5O7S3/c1-50(2)61-29-38(63-50)30-64-40-32-65-47-42(46(58)56(47)43(40)48(59)62-44(33-19-9-4-10-20-33)34-21-11-5-12-22-34)53-45(57)41(55-60-3)39-31-66-49(52-39)54-51(35-23-13-6-14-24-35,36-25-15-7-16-26-36)37-27-17-8-18-28-37/h4-28,31,38,42,44,47H,29-30,32H2,1-3H3,(H,52,54)(H,53,57)/t38?,42?,47-/m0/s1. The fourth-order valence-electron chi connectivity index (χ4n) is 8.36. The van der Waals surface area contributed by atoms with Crippen LogP contribution in [0.5, 0.6) is 0 Å². The van der Waals surface area contributed by atoms with E-state index in [2.05, 4.69) is 52.2 Å². The van der Waals surface area contributed by atoms with E-state index in [4.69, 9.17) is 24.0 Å². The van der Waals surface area contributed by atoms with Gasteiger partial charge >= 0.3 is 5.97 Å². The Hall–Kier alpha value is -6.23. The molecule has 336 valence electrons. The third kappa shape index (κ3) is 9.26. The van der Waals surface area contributed by atoms with E-state index in [-0.39, 0.29) is 23.2 Å². The van der Waals surface area contributed by atoms with Gasteiger partial charge in [-0.25, -0.2) is 9.78 Å². The molecule has 2 fully saturated rings. The molecule has 3 aliphatic rings. The predicted octanol–water partition coefficient (Wildman–Crippen LogP) is 8.73. The van der Waals surface area contributed by atoms with Gasteiger partial charge in [-0.15, -0.1) is 34.9 Å². The Labute approximate surface area is 395 Å². The van der Waals surface area contributed by atoms with E-state index in [0.29, 0.717) is 28.1 Å². The third-order valence-electron chi connectivity index (χ3n) is 11.4. The van der Waals surface area contributed by atoms with Crippen molar-refractivity contribution in [3.05, 3.63) is 201 Å². The lowest BCUT2D eigenvalue weighted by Gasteiger charge is -2.49. The first-order chi connectivity index (χ1) is 32.1. The largest absolute Gasteiger partial charge is 0.448 e. The van der Waals surface area contributed by atoms with Gasteiger partial charge in [-0.3, -0.25) is 14.5 Å². The molecular formula is C51H47N5O7S3. The smallest absolute Gasteiger partial charge is 0.356 e. The van der Waals surface area contributed by atoms with E-state index < -0.39 is 46.6 Å². The van der Waals surface area contributed by atoms with Crippen molar-refractivity contribution in [1.82, 2.24) is 15.2 Å². The summed E-state index contributed by atoms with van der Waals surface area (Å²) < 4.78 is 18.2. The predicted molar refractivity (Wildman–Crippen MR) is 259 cm³/mol. The Morgan fingerprint density at radius 1 is 0.864 bits per heavy atom. The van der Waals surface area contributed by atoms with Gasteiger partial charge in [0.1, 0.15) is 35.5 Å². The highest BCUT2D eigenvalue weighted by molar-refractivity contribution is 8.06. The zero-order chi connectivity index (χ0) is 45.7. The second-order valence-corrected chi connectivity index (χ2v) is 19.2. The normalized spacial score (nSPS) is 19.2. The van der Waals surface area contributed by atoms with Crippen LogP contribution in [0.4, 0.5) is 5.13 Å². The second kappa shape index (κ2) is 19.7. The molecule has 5 aromatic carbocycles. The minimum atomic E-state index is -0.983. The number of carbonyl (C=O) groups excluding carboxylic acids is 3. The number of carbonyl (C=O) groups is 3. The highest BCUT2D eigenvalue weighted by Crippen LogP contribution is 2.46.